The summed E-state index contributed by atoms with van der Waals surface area (Å²) in [6, 6.07) is 5.79. The first-order valence-electron chi connectivity index (χ1n) is 5.92. The Bertz CT molecular complexity index is 387. The number of nitrogens with one attached hydrogen (secondary N) is 1. The molecule has 17 heavy (non-hydrogen) atoms. The number of hydrogen-bond acceptors (Lipinski definition) is 4. The van der Waals surface area contributed by atoms with Crippen LogP contribution in [0.25, 0.3) is 0 Å². The molecule has 1 saturated heterocycles. The van der Waals surface area contributed by atoms with Crippen molar-refractivity contribution < 1.29 is 9.47 Å². The molecule has 0 amide bonds. The van der Waals surface area contributed by atoms with Crippen LogP contribution >= 0.6 is 0 Å². The third kappa shape index (κ3) is 2.82. The summed E-state index contributed by atoms with van der Waals surface area (Å²) >= 11 is 0. The topological polar surface area (TPSA) is 56.5 Å². The van der Waals surface area contributed by atoms with Crippen LogP contribution in [-0.2, 0) is 4.74 Å². The van der Waals surface area contributed by atoms with Crippen LogP contribution in [0.1, 0.15) is 19.8 Å². The van der Waals surface area contributed by atoms with Gasteiger partial charge in [-0.3, -0.25) is 0 Å². The molecule has 4 heteroatoms. The lowest BCUT2D eigenvalue weighted by molar-refractivity contribution is 0.0658. The zero-order chi connectivity index (χ0) is 12.3. The summed E-state index contributed by atoms with van der Waals surface area (Å²) in [5.41, 5.74) is 7.59. The minimum atomic E-state index is 0.0966. The molecule has 2 rings (SSSR count). The zero-order valence-electron chi connectivity index (χ0n) is 10.5. The van der Waals surface area contributed by atoms with Crippen molar-refractivity contribution in [3.63, 3.8) is 0 Å². The number of benzene rings is 1. The molecule has 94 valence electrons. The quantitative estimate of drug-likeness (QED) is 0.790. The molecule has 1 aliphatic rings. The minimum absolute atomic E-state index is 0.0966. The summed E-state index contributed by atoms with van der Waals surface area (Å²) in [7, 11) is 1.63. The van der Waals surface area contributed by atoms with E-state index in [0.29, 0.717) is 11.4 Å². The van der Waals surface area contributed by atoms with E-state index >= 15 is 0 Å². The van der Waals surface area contributed by atoms with Gasteiger partial charge in [0, 0.05) is 30.5 Å². The summed E-state index contributed by atoms with van der Waals surface area (Å²) in [6.45, 7) is 3.85. The molecular formula is C13H20N2O2. The second-order valence-electron chi connectivity index (χ2n) is 4.75. The van der Waals surface area contributed by atoms with Gasteiger partial charge in [0.25, 0.3) is 0 Å². The highest BCUT2D eigenvalue weighted by atomic mass is 16.5. The smallest absolute Gasteiger partial charge is 0.143 e. The second-order valence-corrected chi connectivity index (χ2v) is 4.75. The predicted molar refractivity (Wildman–Crippen MR) is 69.5 cm³/mol. The lowest BCUT2D eigenvalue weighted by Crippen LogP contribution is -2.40. The number of ether oxygens (including phenoxy) is 2. The van der Waals surface area contributed by atoms with Crippen LogP contribution in [0.5, 0.6) is 5.75 Å². The van der Waals surface area contributed by atoms with E-state index in [1.54, 1.807) is 7.11 Å². The van der Waals surface area contributed by atoms with Gasteiger partial charge in [-0.15, -0.1) is 0 Å². The molecule has 1 aromatic rings. The molecule has 0 radical (unpaired) electrons. The number of nitrogen functional groups attached to an aromatic ring is 1. The Morgan fingerprint density at radius 1 is 1.35 bits per heavy atom. The predicted octanol–water partition coefficient (Wildman–Crippen LogP) is 2.26. The molecule has 0 unspecified atom stereocenters. The molecular weight excluding hydrogens is 216 g/mol. The highest BCUT2D eigenvalue weighted by molar-refractivity contribution is 5.62. The van der Waals surface area contributed by atoms with Crippen LogP contribution < -0.4 is 15.8 Å². The first-order chi connectivity index (χ1) is 8.13. The Kier molecular flexibility index (Phi) is 3.43. The van der Waals surface area contributed by atoms with Gasteiger partial charge in [0.1, 0.15) is 5.75 Å². The number of rotatable bonds is 3. The van der Waals surface area contributed by atoms with E-state index in [4.69, 9.17) is 15.2 Å². The lowest BCUT2D eigenvalue weighted by atomic mass is 9.92. The normalized spacial score (nSPS) is 18.7. The maximum absolute atomic E-state index is 5.79. The van der Waals surface area contributed by atoms with Crippen molar-refractivity contribution in [2.24, 2.45) is 0 Å². The molecule has 1 heterocycles. The average molecular weight is 236 g/mol. The van der Waals surface area contributed by atoms with Crippen molar-refractivity contribution in [1.82, 2.24) is 0 Å². The third-order valence-electron chi connectivity index (χ3n) is 3.28. The van der Waals surface area contributed by atoms with E-state index in [2.05, 4.69) is 12.2 Å². The van der Waals surface area contributed by atoms with Gasteiger partial charge >= 0.3 is 0 Å². The number of hydrogen-bond donors (Lipinski definition) is 2. The van der Waals surface area contributed by atoms with Gasteiger partial charge in [0.05, 0.1) is 12.8 Å². The van der Waals surface area contributed by atoms with Crippen LogP contribution in [0.3, 0.4) is 0 Å². The molecule has 0 spiro atoms. The highest BCUT2D eigenvalue weighted by Crippen LogP contribution is 2.30. The Balaban J connectivity index is 2.12. The van der Waals surface area contributed by atoms with E-state index in [-0.39, 0.29) is 5.54 Å². The Morgan fingerprint density at radius 3 is 2.71 bits per heavy atom. The van der Waals surface area contributed by atoms with Gasteiger partial charge in [-0.25, -0.2) is 0 Å². The average Bonchev–Trinajstić information content (AvgIpc) is 2.32. The van der Waals surface area contributed by atoms with Crippen LogP contribution in [0.2, 0.25) is 0 Å². The number of methoxy groups -OCH3 is 1. The van der Waals surface area contributed by atoms with Crippen molar-refractivity contribution in [1.29, 1.82) is 0 Å². The van der Waals surface area contributed by atoms with Crippen molar-refractivity contribution in [3.05, 3.63) is 18.2 Å². The van der Waals surface area contributed by atoms with Gasteiger partial charge in [-0.2, -0.15) is 0 Å². The monoisotopic (exact) mass is 236 g/mol. The molecule has 0 bridgehead atoms. The van der Waals surface area contributed by atoms with E-state index in [0.717, 1.165) is 31.7 Å². The second kappa shape index (κ2) is 4.84. The fourth-order valence-corrected chi connectivity index (χ4v) is 2.08. The largest absolute Gasteiger partial charge is 0.495 e. The molecule has 1 fully saturated rings. The minimum Gasteiger partial charge on any atom is -0.495 e. The molecule has 0 saturated carbocycles. The lowest BCUT2D eigenvalue weighted by Gasteiger charge is -2.35. The highest BCUT2D eigenvalue weighted by Gasteiger charge is 2.27. The zero-order valence-corrected chi connectivity index (χ0v) is 10.5. The van der Waals surface area contributed by atoms with Crippen LogP contribution in [0.4, 0.5) is 11.4 Å². The van der Waals surface area contributed by atoms with Gasteiger partial charge < -0.3 is 20.5 Å². The SMILES string of the molecule is COc1cc(NC2(C)CCOCC2)ccc1N. The molecule has 0 aromatic heterocycles. The Labute approximate surface area is 102 Å². The third-order valence-corrected chi connectivity index (χ3v) is 3.28. The van der Waals surface area contributed by atoms with E-state index < -0.39 is 0 Å². The van der Waals surface area contributed by atoms with Gasteiger partial charge in [-0.05, 0) is 31.9 Å². The van der Waals surface area contributed by atoms with Crippen molar-refractivity contribution in [3.8, 4) is 5.75 Å². The molecule has 0 aliphatic carbocycles. The van der Waals surface area contributed by atoms with Crippen molar-refractivity contribution in [2.75, 3.05) is 31.4 Å². The van der Waals surface area contributed by atoms with E-state index in [9.17, 15) is 0 Å². The molecule has 4 nitrogen and oxygen atoms in total. The molecule has 1 aromatic carbocycles. The number of nitrogens with two attached hydrogens (primary N) is 1. The van der Waals surface area contributed by atoms with Crippen LogP contribution in [0.15, 0.2) is 18.2 Å². The maximum atomic E-state index is 5.79. The van der Waals surface area contributed by atoms with Gasteiger partial charge in [-0.1, -0.05) is 0 Å². The fraction of sp³-hybridized carbons (Fsp3) is 0.538. The van der Waals surface area contributed by atoms with E-state index in [1.807, 2.05) is 18.2 Å². The van der Waals surface area contributed by atoms with Crippen LogP contribution in [-0.4, -0.2) is 25.9 Å². The maximum Gasteiger partial charge on any atom is 0.143 e. The molecule has 1 aliphatic heterocycles. The summed E-state index contributed by atoms with van der Waals surface area (Å²) in [5.74, 6) is 0.714. The van der Waals surface area contributed by atoms with Crippen LogP contribution in [0, 0.1) is 0 Å². The van der Waals surface area contributed by atoms with E-state index in [1.165, 1.54) is 0 Å². The standard InChI is InChI=1S/C13H20N2O2/c1-13(5-7-17-8-6-13)15-10-3-4-11(14)12(9-10)16-2/h3-4,9,15H,5-8,14H2,1-2H3. The summed E-state index contributed by atoms with van der Waals surface area (Å²) in [5, 5.41) is 3.54. The first-order valence-corrected chi connectivity index (χ1v) is 5.92. The Morgan fingerprint density at radius 2 is 2.06 bits per heavy atom. The van der Waals surface area contributed by atoms with Gasteiger partial charge in [0.2, 0.25) is 0 Å². The summed E-state index contributed by atoms with van der Waals surface area (Å²) < 4.78 is 10.6. The summed E-state index contributed by atoms with van der Waals surface area (Å²) in [4.78, 5) is 0. The van der Waals surface area contributed by atoms with Gasteiger partial charge in [0.15, 0.2) is 0 Å². The molecule has 3 N–H and O–H groups in total. The molecule has 0 atom stereocenters. The fourth-order valence-electron chi connectivity index (χ4n) is 2.08. The Hall–Kier alpha value is -1.42. The van der Waals surface area contributed by atoms with Crippen molar-refractivity contribution >= 4 is 11.4 Å². The first kappa shape index (κ1) is 12.0. The van der Waals surface area contributed by atoms with Crippen molar-refractivity contribution in [2.45, 2.75) is 25.3 Å². The number of anilines is 2. The summed E-state index contributed by atoms with van der Waals surface area (Å²) in [6.07, 6.45) is 2.03.